The molecule has 1 rings (SSSR count). The molecule has 0 aliphatic heterocycles. The van der Waals surface area contributed by atoms with E-state index in [0.717, 1.165) is 37.2 Å². The molecule has 3 nitrogen and oxygen atoms in total. The van der Waals surface area contributed by atoms with Crippen molar-refractivity contribution in [1.29, 1.82) is 0 Å². The van der Waals surface area contributed by atoms with E-state index in [1.54, 1.807) is 13.2 Å². The van der Waals surface area contributed by atoms with Crippen molar-refractivity contribution >= 4 is 12.0 Å². The van der Waals surface area contributed by atoms with E-state index in [0.29, 0.717) is 0 Å². The van der Waals surface area contributed by atoms with Gasteiger partial charge >= 0.3 is 0 Å². The summed E-state index contributed by atoms with van der Waals surface area (Å²) in [6.45, 7) is 5.73. The van der Waals surface area contributed by atoms with Crippen LogP contribution in [0.2, 0.25) is 0 Å². The van der Waals surface area contributed by atoms with E-state index < -0.39 is 0 Å². The van der Waals surface area contributed by atoms with E-state index in [1.165, 1.54) is 0 Å². The molecule has 0 aliphatic carbocycles. The van der Waals surface area contributed by atoms with Gasteiger partial charge in [0.15, 0.2) is 0 Å². The van der Waals surface area contributed by atoms with Gasteiger partial charge in [0, 0.05) is 19.2 Å². The lowest BCUT2D eigenvalue weighted by atomic mass is 10.2. The lowest BCUT2D eigenvalue weighted by Gasteiger charge is -2.18. The van der Waals surface area contributed by atoms with Crippen LogP contribution in [0, 0.1) is 0 Å². The number of amides is 1. The molecule has 0 fully saturated rings. The Morgan fingerprint density at radius 3 is 2.47 bits per heavy atom. The van der Waals surface area contributed by atoms with Crippen molar-refractivity contribution in [2.75, 3.05) is 20.2 Å². The summed E-state index contributed by atoms with van der Waals surface area (Å²) < 4.78 is 5.10. The third-order valence-corrected chi connectivity index (χ3v) is 3.01. The molecule has 19 heavy (non-hydrogen) atoms. The monoisotopic (exact) mass is 261 g/mol. The second-order valence-corrected chi connectivity index (χ2v) is 4.38. The Hall–Kier alpha value is -1.77. The number of nitrogens with zero attached hydrogens (tertiary/aromatic N) is 1. The highest BCUT2D eigenvalue weighted by Crippen LogP contribution is 2.12. The topological polar surface area (TPSA) is 29.5 Å². The SMILES string of the molecule is CCCCN(CC)C(=O)/C=C/c1ccc(OC)cc1. The summed E-state index contributed by atoms with van der Waals surface area (Å²) in [6.07, 6.45) is 5.64. The maximum atomic E-state index is 12.0. The minimum Gasteiger partial charge on any atom is -0.497 e. The number of hydrogen-bond donors (Lipinski definition) is 0. The van der Waals surface area contributed by atoms with E-state index in [2.05, 4.69) is 6.92 Å². The molecule has 0 saturated carbocycles. The largest absolute Gasteiger partial charge is 0.497 e. The van der Waals surface area contributed by atoms with Crippen molar-refractivity contribution in [3.8, 4) is 5.75 Å². The van der Waals surface area contributed by atoms with E-state index in [9.17, 15) is 4.79 Å². The minimum atomic E-state index is 0.0757. The summed E-state index contributed by atoms with van der Waals surface area (Å²) in [6, 6.07) is 7.65. The van der Waals surface area contributed by atoms with Gasteiger partial charge in [-0.3, -0.25) is 4.79 Å². The number of benzene rings is 1. The predicted molar refractivity (Wildman–Crippen MR) is 79.2 cm³/mol. The van der Waals surface area contributed by atoms with Crippen LogP contribution >= 0.6 is 0 Å². The van der Waals surface area contributed by atoms with Crippen molar-refractivity contribution in [3.63, 3.8) is 0 Å². The van der Waals surface area contributed by atoms with Crippen LogP contribution < -0.4 is 4.74 Å². The van der Waals surface area contributed by atoms with Crippen LogP contribution in [-0.2, 0) is 4.79 Å². The molecule has 0 saturated heterocycles. The summed E-state index contributed by atoms with van der Waals surface area (Å²) in [5.41, 5.74) is 1.00. The average molecular weight is 261 g/mol. The molecule has 1 amide bonds. The quantitative estimate of drug-likeness (QED) is 0.704. The lowest BCUT2D eigenvalue weighted by Crippen LogP contribution is -2.30. The zero-order chi connectivity index (χ0) is 14.1. The molecule has 0 heterocycles. The fraction of sp³-hybridized carbons (Fsp3) is 0.438. The maximum Gasteiger partial charge on any atom is 0.246 e. The number of rotatable bonds is 7. The van der Waals surface area contributed by atoms with Crippen LogP contribution in [0.15, 0.2) is 30.3 Å². The molecule has 0 aliphatic rings. The molecule has 0 N–H and O–H groups in total. The molecule has 0 radical (unpaired) electrons. The first-order chi connectivity index (χ1) is 9.21. The smallest absolute Gasteiger partial charge is 0.246 e. The first-order valence-corrected chi connectivity index (χ1v) is 6.82. The van der Waals surface area contributed by atoms with Gasteiger partial charge in [0.25, 0.3) is 0 Å². The van der Waals surface area contributed by atoms with Crippen LogP contribution in [0.1, 0.15) is 32.3 Å². The van der Waals surface area contributed by atoms with Gasteiger partial charge in [-0.2, -0.15) is 0 Å². The number of likely N-dealkylation sites (N-methyl/N-ethyl adjacent to an activating group) is 1. The molecule has 1 aromatic rings. The van der Waals surface area contributed by atoms with Gasteiger partial charge in [0.2, 0.25) is 5.91 Å². The fourth-order valence-corrected chi connectivity index (χ4v) is 1.76. The number of hydrogen-bond acceptors (Lipinski definition) is 2. The normalized spacial score (nSPS) is 10.7. The summed E-state index contributed by atoms with van der Waals surface area (Å²) >= 11 is 0. The fourth-order valence-electron chi connectivity index (χ4n) is 1.76. The van der Waals surface area contributed by atoms with Gasteiger partial charge in [-0.15, -0.1) is 0 Å². The zero-order valence-electron chi connectivity index (χ0n) is 12.1. The third kappa shape index (κ3) is 5.16. The number of carbonyl (C=O) groups excluding carboxylic acids is 1. The van der Waals surface area contributed by atoms with Gasteiger partial charge in [-0.1, -0.05) is 25.5 Å². The first-order valence-electron chi connectivity index (χ1n) is 6.82. The third-order valence-electron chi connectivity index (χ3n) is 3.01. The Morgan fingerprint density at radius 1 is 1.26 bits per heavy atom. The van der Waals surface area contributed by atoms with Crippen molar-refractivity contribution in [1.82, 2.24) is 4.90 Å². The van der Waals surface area contributed by atoms with Crippen LogP contribution in [-0.4, -0.2) is 31.0 Å². The highest BCUT2D eigenvalue weighted by atomic mass is 16.5. The van der Waals surface area contributed by atoms with Crippen LogP contribution in [0.4, 0.5) is 0 Å². The summed E-state index contributed by atoms with van der Waals surface area (Å²) in [5.74, 6) is 0.897. The molecular formula is C16H23NO2. The Bertz CT molecular complexity index is 409. The standard InChI is InChI=1S/C16H23NO2/c1-4-6-13-17(5-2)16(18)12-9-14-7-10-15(19-3)11-8-14/h7-12H,4-6,13H2,1-3H3/b12-9+. The minimum absolute atomic E-state index is 0.0757. The Morgan fingerprint density at radius 2 is 1.95 bits per heavy atom. The number of unbranched alkanes of at least 4 members (excludes halogenated alkanes) is 1. The summed E-state index contributed by atoms with van der Waals surface area (Å²) in [7, 11) is 1.64. The Kier molecular flexibility index (Phi) is 6.72. The average Bonchev–Trinajstić information content (AvgIpc) is 2.46. The number of ether oxygens (including phenoxy) is 1. The highest BCUT2D eigenvalue weighted by molar-refractivity contribution is 5.91. The Labute approximate surface area is 115 Å². The molecule has 0 unspecified atom stereocenters. The first kappa shape index (κ1) is 15.3. The van der Waals surface area contributed by atoms with Crippen LogP contribution in [0.3, 0.4) is 0 Å². The van der Waals surface area contributed by atoms with Crippen LogP contribution in [0.25, 0.3) is 6.08 Å². The Balaban J connectivity index is 2.60. The lowest BCUT2D eigenvalue weighted by molar-refractivity contribution is -0.125. The van der Waals surface area contributed by atoms with Gasteiger partial charge in [0.05, 0.1) is 7.11 Å². The van der Waals surface area contributed by atoms with Crippen molar-refractivity contribution in [3.05, 3.63) is 35.9 Å². The van der Waals surface area contributed by atoms with Gasteiger partial charge in [0.1, 0.15) is 5.75 Å². The maximum absolute atomic E-state index is 12.0. The predicted octanol–water partition coefficient (Wildman–Crippen LogP) is 3.36. The molecule has 0 atom stereocenters. The second-order valence-electron chi connectivity index (χ2n) is 4.38. The van der Waals surface area contributed by atoms with Gasteiger partial charge < -0.3 is 9.64 Å². The molecule has 0 aromatic heterocycles. The van der Waals surface area contributed by atoms with E-state index in [4.69, 9.17) is 4.74 Å². The van der Waals surface area contributed by atoms with E-state index in [1.807, 2.05) is 42.2 Å². The molecule has 0 bridgehead atoms. The number of methoxy groups -OCH3 is 1. The molecular weight excluding hydrogens is 238 g/mol. The van der Waals surface area contributed by atoms with Gasteiger partial charge in [-0.05, 0) is 37.1 Å². The molecule has 0 spiro atoms. The zero-order valence-corrected chi connectivity index (χ0v) is 12.1. The summed E-state index contributed by atoms with van der Waals surface area (Å²) in [5, 5.41) is 0. The summed E-state index contributed by atoms with van der Waals surface area (Å²) in [4.78, 5) is 13.9. The van der Waals surface area contributed by atoms with Crippen molar-refractivity contribution in [2.24, 2.45) is 0 Å². The van der Waals surface area contributed by atoms with Crippen molar-refractivity contribution in [2.45, 2.75) is 26.7 Å². The van der Waals surface area contributed by atoms with Gasteiger partial charge in [-0.25, -0.2) is 0 Å². The van der Waals surface area contributed by atoms with E-state index >= 15 is 0 Å². The van der Waals surface area contributed by atoms with E-state index in [-0.39, 0.29) is 5.91 Å². The molecule has 104 valence electrons. The second kappa shape index (κ2) is 8.35. The highest BCUT2D eigenvalue weighted by Gasteiger charge is 2.06. The van der Waals surface area contributed by atoms with Crippen LogP contribution in [0.5, 0.6) is 5.75 Å². The molecule has 1 aromatic carbocycles. The molecule has 3 heteroatoms. The van der Waals surface area contributed by atoms with Crippen molar-refractivity contribution < 1.29 is 9.53 Å². The number of carbonyl (C=O) groups is 1.